The number of anilines is 4. The van der Waals surface area contributed by atoms with Crippen molar-refractivity contribution in [3.8, 4) is 44.6 Å². The molecule has 115 heavy (non-hydrogen) atoms. The zero-order valence-corrected chi connectivity index (χ0v) is 65.8. The number of carbonyl (C=O) groups excluding carboxylic acids is 8. The van der Waals surface area contributed by atoms with Gasteiger partial charge in [0.15, 0.2) is 29.5 Å². The van der Waals surface area contributed by atoms with E-state index in [0.29, 0.717) is 94.7 Å². The summed E-state index contributed by atoms with van der Waals surface area (Å²) < 4.78 is 5.17. The molecule has 4 aliphatic heterocycles. The molecule has 19 nitrogen and oxygen atoms in total. The summed E-state index contributed by atoms with van der Waals surface area (Å²) in [6, 6.07) is 59.3. The first kappa shape index (κ1) is 80.0. The number of Topliss-reactive ketones (excluding diaryl/α,β-unsaturated/α-hetero) is 4. The van der Waals surface area contributed by atoms with Crippen LogP contribution in [0.2, 0.25) is 0 Å². The van der Waals surface area contributed by atoms with Crippen molar-refractivity contribution < 1.29 is 42.8 Å². The molecular weight excluding hydrogens is 1440 g/mol. The molecule has 0 radical (unpaired) electrons. The number of amides is 4. The minimum atomic E-state index is 0.0885. The molecule has 0 unspecified atom stereocenters. The van der Waals surface area contributed by atoms with Crippen molar-refractivity contribution in [2.24, 2.45) is 0 Å². The normalized spacial score (nSPS) is 12.7. The van der Waals surface area contributed by atoms with Crippen LogP contribution < -0.4 is 19.6 Å². The molecule has 0 spiro atoms. The molecular formula is C96H94N10O9. The van der Waals surface area contributed by atoms with Crippen LogP contribution in [0.5, 0.6) is 0 Å². The van der Waals surface area contributed by atoms with E-state index in [-0.39, 0.29) is 46.8 Å². The molecule has 4 amide bonds. The van der Waals surface area contributed by atoms with E-state index in [1.807, 2.05) is 211 Å². The van der Waals surface area contributed by atoms with Crippen LogP contribution >= 0.6 is 0 Å². The molecule has 0 fully saturated rings. The van der Waals surface area contributed by atoms with Crippen LogP contribution in [0.15, 0.2) is 236 Å². The van der Waals surface area contributed by atoms with Crippen LogP contribution in [0.25, 0.3) is 44.6 Å². The van der Waals surface area contributed by atoms with Crippen molar-refractivity contribution in [3.05, 3.63) is 304 Å². The largest absolute Gasteiger partial charge is 0.449 e. The quantitative estimate of drug-likeness (QED) is 0.0553. The molecule has 0 saturated carbocycles. The molecule has 0 bridgehead atoms. The van der Waals surface area contributed by atoms with Crippen LogP contribution in [0.1, 0.15) is 171 Å². The molecule has 12 aromatic rings. The molecule has 582 valence electrons. The van der Waals surface area contributed by atoms with Gasteiger partial charge in [-0.1, -0.05) is 155 Å². The van der Waals surface area contributed by atoms with Gasteiger partial charge in [0.1, 0.15) is 5.76 Å². The summed E-state index contributed by atoms with van der Waals surface area (Å²) in [5, 5.41) is 6.67. The van der Waals surface area contributed by atoms with Gasteiger partial charge >= 0.3 is 0 Å². The SMILES string of the molecule is CCC(=O)N1CCc2c1ccc(-c1ccc(C(=O)CCc3cccnc3)cc1)c2C.CCC(=O)N1CCc2cc(-c3ccc(C(=O)CCc4cn[nH]c4)cc3)ccc21.CCC(=O)N1CCc2cc(-c3ccc(C(=O)CCc4cnco4)cc3)ccc21.CCC(=O)N1CCc2nc(-c3ccc(C(=O)CCc4cccnc4)cc3)ccc21. The minimum absolute atomic E-state index is 0.0885. The zero-order valence-electron chi connectivity index (χ0n) is 65.8. The lowest BCUT2D eigenvalue weighted by Gasteiger charge is -2.18. The highest BCUT2D eigenvalue weighted by molar-refractivity contribution is 6.01. The van der Waals surface area contributed by atoms with Gasteiger partial charge in [0.2, 0.25) is 23.6 Å². The molecule has 0 atom stereocenters. The number of hydrogen-bond acceptors (Lipinski definition) is 14. The van der Waals surface area contributed by atoms with E-state index < -0.39 is 0 Å². The average molecular weight is 1530 g/mol. The van der Waals surface area contributed by atoms with E-state index in [2.05, 4.69) is 62.4 Å². The minimum Gasteiger partial charge on any atom is -0.449 e. The number of benzene rings is 7. The number of aryl methyl sites for hydroxylation is 4. The maximum Gasteiger partial charge on any atom is 0.226 e. The van der Waals surface area contributed by atoms with E-state index in [1.165, 1.54) is 28.6 Å². The predicted octanol–water partition coefficient (Wildman–Crippen LogP) is 18.1. The summed E-state index contributed by atoms with van der Waals surface area (Å²) in [4.78, 5) is 122. The Morgan fingerprint density at radius 2 is 0.809 bits per heavy atom. The first-order chi connectivity index (χ1) is 56.0. The van der Waals surface area contributed by atoms with E-state index >= 15 is 0 Å². The van der Waals surface area contributed by atoms with Crippen molar-refractivity contribution in [2.75, 3.05) is 45.8 Å². The molecule has 1 N–H and O–H groups in total. The molecule has 19 heteroatoms. The van der Waals surface area contributed by atoms with Gasteiger partial charge in [-0.05, 0) is 172 Å². The number of hydrogen-bond donors (Lipinski definition) is 1. The second kappa shape index (κ2) is 38.0. The Bertz CT molecular complexity index is 5270. The maximum atomic E-state index is 12.6. The average Bonchev–Trinajstić information content (AvgIpc) is 1.68. The second-order valence-corrected chi connectivity index (χ2v) is 29.0. The zero-order chi connectivity index (χ0) is 80.3. The van der Waals surface area contributed by atoms with Crippen molar-refractivity contribution >= 4 is 69.5 Å². The summed E-state index contributed by atoms with van der Waals surface area (Å²) >= 11 is 0. The van der Waals surface area contributed by atoms with Crippen LogP contribution in [-0.4, -0.2) is 103 Å². The molecule has 7 aromatic carbocycles. The Kier molecular flexibility index (Phi) is 26.4. The lowest BCUT2D eigenvalue weighted by molar-refractivity contribution is -0.119. The van der Waals surface area contributed by atoms with Gasteiger partial charge < -0.3 is 24.0 Å². The van der Waals surface area contributed by atoms with Gasteiger partial charge in [0.25, 0.3) is 0 Å². The third-order valence-electron chi connectivity index (χ3n) is 21.7. The number of carbonyl (C=O) groups is 8. The highest BCUT2D eigenvalue weighted by Crippen LogP contribution is 2.39. The predicted molar refractivity (Wildman–Crippen MR) is 450 cm³/mol. The fourth-order valence-electron chi connectivity index (χ4n) is 15.2. The Labute approximate surface area is 670 Å². The number of ketones is 4. The van der Waals surface area contributed by atoms with Crippen LogP contribution in [0, 0.1) is 6.92 Å². The lowest BCUT2D eigenvalue weighted by Crippen LogP contribution is -2.27. The smallest absolute Gasteiger partial charge is 0.226 e. The molecule has 4 aliphatic rings. The lowest BCUT2D eigenvalue weighted by atomic mass is 9.93. The maximum absolute atomic E-state index is 12.6. The second-order valence-electron chi connectivity index (χ2n) is 29.0. The number of aromatic nitrogens is 6. The first-order valence-electron chi connectivity index (χ1n) is 39.8. The fraction of sp³-hybridized carbons (Fsp3) is 0.260. The topological polar surface area (TPSA) is 243 Å². The Balaban J connectivity index is 0.000000134. The summed E-state index contributed by atoms with van der Waals surface area (Å²) in [7, 11) is 0. The highest BCUT2D eigenvalue weighted by Gasteiger charge is 2.29. The fourth-order valence-corrected chi connectivity index (χ4v) is 15.2. The number of oxazole rings is 1. The van der Waals surface area contributed by atoms with Crippen LogP contribution in [-0.2, 0) is 70.5 Å². The molecule has 0 aliphatic carbocycles. The number of aromatic amines is 1. The Morgan fingerprint density at radius 1 is 0.391 bits per heavy atom. The summed E-state index contributed by atoms with van der Waals surface area (Å²) in [5.74, 6) is 1.85. The van der Waals surface area contributed by atoms with Gasteiger partial charge in [0.05, 0.1) is 29.5 Å². The van der Waals surface area contributed by atoms with Crippen LogP contribution in [0.3, 0.4) is 0 Å². The van der Waals surface area contributed by atoms with E-state index in [1.54, 1.807) is 31.0 Å². The summed E-state index contributed by atoms with van der Waals surface area (Å²) in [5.41, 5.74) is 24.4. The van der Waals surface area contributed by atoms with Crippen molar-refractivity contribution in [1.29, 1.82) is 0 Å². The number of H-pyrrole nitrogens is 1. The Morgan fingerprint density at radius 3 is 1.26 bits per heavy atom. The standard InChI is InChI=1S/C26H26N2O2.C24H23N3O2.C23H23N3O2.C23H22N2O3/c1-3-26(30)28-16-14-23-18(2)22(11-12-24(23)28)20-7-9-21(10-8-20)25(29)13-6-19-5-4-15-27-17-19;1-2-24(29)27-15-13-21-22(27)11-10-20(26-21)18-6-8-19(9-7-18)23(28)12-5-17-4-3-14-25-16-17;1-2-23(28)26-12-11-20-13-19(8-9-21(20)26)17-4-6-18(7-5-17)22(27)10-3-16-14-24-25-15-16;1-2-23(27)25-12-11-19-13-18(7-9-21(19)25)16-3-5-17(6-4-16)22(26)10-8-20-14-24-15-28-20/h4-5,7-12,15,17H,3,6,13-14,16H2,1-2H3;3-4,6-11,14,16H,2,5,12-13,15H2,1H3;4-9,13-15H,2-3,10-12H2,1H3,(H,24,25);3-7,9,13-15H,2,8,10-12H2,1H3. The number of rotatable bonds is 24. The third kappa shape index (κ3) is 19.5. The number of nitrogens with one attached hydrogen (secondary N) is 1. The van der Waals surface area contributed by atoms with Crippen molar-refractivity contribution in [3.63, 3.8) is 0 Å². The van der Waals surface area contributed by atoms with Gasteiger partial charge in [-0.2, -0.15) is 5.10 Å². The van der Waals surface area contributed by atoms with Gasteiger partial charge in [-0.3, -0.25) is 58.4 Å². The Hall–Kier alpha value is -13.0. The van der Waals surface area contributed by atoms with E-state index in [9.17, 15) is 38.4 Å². The van der Waals surface area contributed by atoms with Gasteiger partial charge in [-0.25, -0.2) is 4.98 Å². The summed E-state index contributed by atoms with van der Waals surface area (Å²) in [6.45, 7) is 12.7. The van der Waals surface area contributed by atoms with Crippen LogP contribution in [0.4, 0.5) is 22.7 Å². The van der Waals surface area contributed by atoms with Crippen molar-refractivity contribution in [2.45, 2.75) is 137 Å². The van der Waals surface area contributed by atoms with Crippen molar-refractivity contribution in [1.82, 2.24) is 30.1 Å². The molecule has 5 aromatic heterocycles. The van der Waals surface area contributed by atoms with Gasteiger partial charge in [-0.15, -0.1) is 0 Å². The monoisotopic (exact) mass is 1530 g/mol. The highest BCUT2D eigenvalue weighted by atomic mass is 16.3. The number of fused-ring (bicyclic) bond motifs is 4. The molecule has 9 heterocycles. The van der Waals surface area contributed by atoms with E-state index in [0.717, 1.165) is 152 Å². The number of pyridine rings is 3. The van der Waals surface area contributed by atoms with Gasteiger partial charge in [0, 0.05) is 166 Å². The molecule has 0 saturated heterocycles. The number of nitrogens with zero attached hydrogens (tertiary/aromatic N) is 9. The third-order valence-corrected chi connectivity index (χ3v) is 21.7. The molecule has 16 rings (SSSR count). The van der Waals surface area contributed by atoms with E-state index in [4.69, 9.17) is 9.40 Å². The summed E-state index contributed by atoms with van der Waals surface area (Å²) in [6.07, 6.45) is 23.6. The first-order valence-corrected chi connectivity index (χ1v) is 39.8.